The molecular weight excluding hydrogens is 316 g/mol. The third-order valence-corrected chi connectivity index (χ3v) is 4.69. The SMILES string of the molecule is CCC(C)C1CNCCN1CCOc1ccc(Br)cc1. The molecule has 0 amide bonds. The summed E-state index contributed by atoms with van der Waals surface area (Å²) in [7, 11) is 0. The van der Waals surface area contributed by atoms with Crippen molar-refractivity contribution in [3.05, 3.63) is 28.7 Å². The first-order valence-corrected chi connectivity index (χ1v) is 8.33. The minimum absolute atomic E-state index is 0.641. The zero-order valence-electron chi connectivity index (χ0n) is 12.4. The predicted molar refractivity (Wildman–Crippen MR) is 87.3 cm³/mol. The maximum Gasteiger partial charge on any atom is 0.119 e. The number of hydrogen-bond acceptors (Lipinski definition) is 3. The molecule has 0 bridgehead atoms. The van der Waals surface area contributed by atoms with Gasteiger partial charge in [0.2, 0.25) is 0 Å². The van der Waals surface area contributed by atoms with E-state index in [1.807, 2.05) is 24.3 Å². The van der Waals surface area contributed by atoms with Gasteiger partial charge in [-0.3, -0.25) is 4.90 Å². The molecule has 1 saturated heterocycles. The molecule has 1 heterocycles. The fourth-order valence-corrected chi connectivity index (χ4v) is 2.95. The van der Waals surface area contributed by atoms with Crippen molar-refractivity contribution in [3.63, 3.8) is 0 Å². The average molecular weight is 341 g/mol. The van der Waals surface area contributed by atoms with Gasteiger partial charge in [0.15, 0.2) is 0 Å². The first kappa shape index (κ1) is 15.8. The molecule has 2 atom stereocenters. The third-order valence-electron chi connectivity index (χ3n) is 4.16. The molecule has 112 valence electrons. The maximum absolute atomic E-state index is 5.84. The van der Waals surface area contributed by atoms with E-state index in [1.165, 1.54) is 6.42 Å². The highest BCUT2D eigenvalue weighted by Gasteiger charge is 2.25. The lowest BCUT2D eigenvalue weighted by molar-refractivity contribution is 0.0979. The zero-order chi connectivity index (χ0) is 14.4. The van der Waals surface area contributed by atoms with Gasteiger partial charge in [0.25, 0.3) is 0 Å². The van der Waals surface area contributed by atoms with Crippen LogP contribution in [0, 0.1) is 5.92 Å². The highest BCUT2D eigenvalue weighted by molar-refractivity contribution is 9.10. The van der Waals surface area contributed by atoms with Crippen LogP contribution >= 0.6 is 15.9 Å². The topological polar surface area (TPSA) is 24.5 Å². The number of halogens is 1. The second-order valence-corrected chi connectivity index (χ2v) is 6.41. The molecule has 0 spiro atoms. The molecule has 1 aromatic rings. The molecule has 1 aliphatic rings. The van der Waals surface area contributed by atoms with E-state index in [0.29, 0.717) is 6.04 Å². The molecule has 1 N–H and O–H groups in total. The lowest BCUT2D eigenvalue weighted by Gasteiger charge is -2.39. The van der Waals surface area contributed by atoms with Crippen LogP contribution in [0.15, 0.2) is 28.7 Å². The molecule has 1 aromatic carbocycles. The smallest absolute Gasteiger partial charge is 0.119 e. The summed E-state index contributed by atoms with van der Waals surface area (Å²) in [5.74, 6) is 1.68. The molecule has 0 radical (unpaired) electrons. The Bertz CT molecular complexity index is 396. The van der Waals surface area contributed by atoms with Crippen LogP contribution in [0.25, 0.3) is 0 Å². The summed E-state index contributed by atoms with van der Waals surface area (Å²) in [4.78, 5) is 2.57. The van der Waals surface area contributed by atoms with Crippen molar-refractivity contribution in [1.29, 1.82) is 0 Å². The number of hydrogen-bond donors (Lipinski definition) is 1. The first-order valence-electron chi connectivity index (χ1n) is 7.54. The van der Waals surface area contributed by atoms with Gasteiger partial charge in [-0.15, -0.1) is 0 Å². The Kier molecular flexibility index (Phi) is 6.33. The van der Waals surface area contributed by atoms with Gasteiger partial charge in [-0.25, -0.2) is 0 Å². The van der Waals surface area contributed by atoms with E-state index in [0.717, 1.165) is 48.9 Å². The van der Waals surface area contributed by atoms with E-state index in [-0.39, 0.29) is 0 Å². The largest absolute Gasteiger partial charge is 0.492 e. The van der Waals surface area contributed by atoms with E-state index >= 15 is 0 Å². The van der Waals surface area contributed by atoms with Crippen molar-refractivity contribution in [3.8, 4) is 5.75 Å². The quantitative estimate of drug-likeness (QED) is 0.860. The van der Waals surface area contributed by atoms with E-state index < -0.39 is 0 Å². The molecule has 0 saturated carbocycles. The van der Waals surface area contributed by atoms with Crippen molar-refractivity contribution >= 4 is 15.9 Å². The van der Waals surface area contributed by atoms with E-state index in [1.54, 1.807) is 0 Å². The molecule has 1 aliphatic heterocycles. The van der Waals surface area contributed by atoms with E-state index in [2.05, 4.69) is 40.0 Å². The summed E-state index contributed by atoms with van der Waals surface area (Å²) in [5.41, 5.74) is 0. The molecule has 2 rings (SSSR count). The molecular formula is C16H25BrN2O. The summed E-state index contributed by atoms with van der Waals surface area (Å²) in [6.45, 7) is 9.70. The minimum atomic E-state index is 0.641. The average Bonchev–Trinajstić information content (AvgIpc) is 2.49. The van der Waals surface area contributed by atoms with Gasteiger partial charge >= 0.3 is 0 Å². The lowest BCUT2D eigenvalue weighted by Crippen LogP contribution is -2.54. The number of nitrogens with one attached hydrogen (secondary N) is 1. The summed E-state index contributed by atoms with van der Waals surface area (Å²) < 4.78 is 6.93. The second kappa shape index (κ2) is 8.01. The van der Waals surface area contributed by atoms with Gasteiger partial charge in [0.05, 0.1) is 0 Å². The van der Waals surface area contributed by atoms with Crippen LogP contribution in [0.2, 0.25) is 0 Å². The Morgan fingerprint density at radius 3 is 2.85 bits per heavy atom. The van der Waals surface area contributed by atoms with Crippen molar-refractivity contribution in [2.24, 2.45) is 5.92 Å². The van der Waals surface area contributed by atoms with Crippen molar-refractivity contribution in [2.45, 2.75) is 26.3 Å². The normalized spacial score (nSPS) is 21.6. The van der Waals surface area contributed by atoms with Gasteiger partial charge in [-0.05, 0) is 30.2 Å². The van der Waals surface area contributed by atoms with Crippen LogP contribution < -0.4 is 10.1 Å². The van der Waals surface area contributed by atoms with Crippen LogP contribution in [0.5, 0.6) is 5.75 Å². The van der Waals surface area contributed by atoms with E-state index in [4.69, 9.17) is 4.74 Å². The van der Waals surface area contributed by atoms with Crippen molar-refractivity contribution in [1.82, 2.24) is 10.2 Å². The summed E-state index contributed by atoms with van der Waals surface area (Å²) in [6.07, 6.45) is 1.23. The summed E-state index contributed by atoms with van der Waals surface area (Å²) in [6, 6.07) is 8.69. The van der Waals surface area contributed by atoms with E-state index in [9.17, 15) is 0 Å². The fraction of sp³-hybridized carbons (Fsp3) is 0.625. The molecule has 2 unspecified atom stereocenters. The minimum Gasteiger partial charge on any atom is -0.492 e. The highest BCUT2D eigenvalue weighted by Crippen LogP contribution is 2.18. The van der Waals surface area contributed by atoms with Crippen LogP contribution in [-0.2, 0) is 0 Å². The standard InChI is InChI=1S/C16H25BrN2O/c1-3-13(2)16-12-18-8-9-19(16)10-11-20-15-6-4-14(17)5-7-15/h4-7,13,16,18H,3,8-12H2,1-2H3. The molecule has 20 heavy (non-hydrogen) atoms. The second-order valence-electron chi connectivity index (χ2n) is 5.50. The van der Waals surface area contributed by atoms with Crippen LogP contribution in [0.1, 0.15) is 20.3 Å². The molecule has 4 heteroatoms. The number of ether oxygens (including phenoxy) is 1. The molecule has 0 aliphatic carbocycles. The van der Waals surface area contributed by atoms with Crippen LogP contribution in [-0.4, -0.2) is 43.7 Å². The number of rotatable bonds is 6. The van der Waals surface area contributed by atoms with Crippen LogP contribution in [0.4, 0.5) is 0 Å². The lowest BCUT2D eigenvalue weighted by atomic mass is 9.96. The maximum atomic E-state index is 5.84. The fourth-order valence-electron chi connectivity index (χ4n) is 2.69. The number of benzene rings is 1. The highest BCUT2D eigenvalue weighted by atomic mass is 79.9. The van der Waals surface area contributed by atoms with Crippen molar-refractivity contribution < 1.29 is 4.74 Å². The monoisotopic (exact) mass is 340 g/mol. The van der Waals surface area contributed by atoms with Crippen LogP contribution in [0.3, 0.4) is 0 Å². The Morgan fingerprint density at radius 1 is 1.40 bits per heavy atom. The van der Waals surface area contributed by atoms with Gasteiger partial charge in [-0.1, -0.05) is 36.2 Å². The Morgan fingerprint density at radius 2 is 2.15 bits per heavy atom. The Hall–Kier alpha value is -0.580. The Labute approximate surface area is 130 Å². The predicted octanol–water partition coefficient (Wildman–Crippen LogP) is 3.15. The van der Waals surface area contributed by atoms with Gasteiger partial charge < -0.3 is 10.1 Å². The van der Waals surface area contributed by atoms with Crippen molar-refractivity contribution in [2.75, 3.05) is 32.8 Å². The summed E-state index contributed by atoms with van der Waals surface area (Å²) in [5, 5.41) is 3.51. The third kappa shape index (κ3) is 4.47. The first-order chi connectivity index (χ1) is 9.70. The number of piperazine rings is 1. The molecule has 1 fully saturated rings. The van der Waals surface area contributed by atoms with Gasteiger partial charge in [0.1, 0.15) is 12.4 Å². The molecule has 3 nitrogen and oxygen atoms in total. The number of nitrogens with zero attached hydrogens (tertiary/aromatic N) is 1. The van der Waals surface area contributed by atoms with Gasteiger partial charge in [0, 0.05) is 36.7 Å². The molecule has 0 aromatic heterocycles. The summed E-state index contributed by atoms with van der Waals surface area (Å²) >= 11 is 3.44. The zero-order valence-corrected chi connectivity index (χ0v) is 14.0. The van der Waals surface area contributed by atoms with Gasteiger partial charge in [-0.2, -0.15) is 0 Å². The Balaban J connectivity index is 1.80.